The van der Waals surface area contributed by atoms with E-state index in [-0.39, 0.29) is 5.71 Å². The summed E-state index contributed by atoms with van der Waals surface area (Å²) in [5.74, 6) is 0. The van der Waals surface area contributed by atoms with Crippen LogP contribution in [-0.4, -0.2) is 18.9 Å². The number of hydrogen-bond acceptors (Lipinski definition) is 4. The molecule has 0 amide bonds. The number of hydrogen-bond donors (Lipinski definition) is 0. The summed E-state index contributed by atoms with van der Waals surface area (Å²) in [6, 6.07) is 32.5. The molecule has 0 unspecified atom stereocenters. The van der Waals surface area contributed by atoms with Crippen LogP contribution < -0.4 is 5.69 Å². The molecule has 4 heterocycles. The predicted octanol–water partition coefficient (Wildman–Crippen LogP) is 6.24. The van der Waals surface area contributed by atoms with Gasteiger partial charge in [0.1, 0.15) is 5.58 Å². The van der Waals surface area contributed by atoms with Gasteiger partial charge < -0.3 is 8.98 Å². The summed E-state index contributed by atoms with van der Waals surface area (Å²) >= 11 is 0. The van der Waals surface area contributed by atoms with Gasteiger partial charge in [-0.05, 0) is 42.5 Å². The third kappa shape index (κ3) is 2.45. The van der Waals surface area contributed by atoms with Crippen LogP contribution in [0.4, 0.5) is 0 Å². The molecule has 4 aromatic heterocycles. The molecule has 35 heavy (non-hydrogen) atoms. The Hall–Kier alpha value is -4.97. The first-order valence-electron chi connectivity index (χ1n) is 11.4. The van der Waals surface area contributed by atoms with Crippen LogP contribution in [-0.2, 0) is 0 Å². The molecule has 8 aromatic rings. The van der Waals surface area contributed by atoms with Gasteiger partial charge >= 0.3 is 5.69 Å². The normalized spacial score (nSPS) is 12.1. The van der Waals surface area contributed by atoms with Gasteiger partial charge in [0.05, 0.1) is 27.5 Å². The first-order chi connectivity index (χ1) is 17.3. The van der Waals surface area contributed by atoms with E-state index in [0.717, 1.165) is 33.1 Å². The average molecular weight is 452 g/mol. The smallest absolute Gasteiger partial charge is 0.357 e. The number of benzene rings is 4. The molecule has 6 heteroatoms. The van der Waals surface area contributed by atoms with Gasteiger partial charge in [0.15, 0.2) is 5.65 Å². The van der Waals surface area contributed by atoms with Crippen LogP contribution in [0.1, 0.15) is 0 Å². The van der Waals surface area contributed by atoms with Crippen LogP contribution in [0.5, 0.6) is 0 Å². The monoisotopic (exact) mass is 452 g/mol. The fourth-order valence-corrected chi connectivity index (χ4v) is 5.23. The average Bonchev–Trinajstić information content (AvgIpc) is 3.44. The highest BCUT2D eigenvalue weighted by molar-refractivity contribution is 6.09. The quantitative estimate of drug-likeness (QED) is 0.277. The minimum absolute atomic E-state index is 0.282. The third-order valence-electron chi connectivity index (χ3n) is 6.76. The Labute approximate surface area is 197 Å². The van der Waals surface area contributed by atoms with Crippen molar-refractivity contribution in [2.45, 2.75) is 0 Å². The highest BCUT2D eigenvalue weighted by atomic mass is 16.3. The number of imidazole rings is 1. The Kier molecular flexibility index (Phi) is 3.45. The van der Waals surface area contributed by atoms with Gasteiger partial charge in [-0.2, -0.15) is 4.98 Å². The minimum atomic E-state index is -0.400. The Morgan fingerprint density at radius 1 is 0.657 bits per heavy atom. The van der Waals surface area contributed by atoms with Crippen LogP contribution in [0, 0.1) is 0 Å². The second-order valence-corrected chi connectivity index (χ2v) is 8.71. The number of fused-ring (bicyclic) bond motifs is 9. The summed E-state index contributed by atoms with van der Waals surface area (Å²) in [6.07, 6.45) is 0. The molecular weight excluding hydrogens is 436 g/mol. The fourth-order valence-electron chi connectivity index (χ4n) is 5.23. The molecule has 0 spiro atoms. The van der Waals surface area contributed by atoms with Crippen molar-refractivity contribution in [2.24, 2.45) is 0 Å². The van der Waals surface area contributed by atoms with Gasteiger partial charge in [-0.15, -0.1) is 0 Å². The maximum atomic E-state index is 12.9. The molecule has 0 saturated heterocycles. The zero-order valence-corrected chi connectivity index (χ0v) is 18.3. The highest BCUT2D eigenvalue weighted by Gasteiger charge is 2.16. The molecule has 0 saturated carbocycles. The summed E-state index contributed by atoms with van der Waals surface area (Å²) < 4.78 is 10.0. The number of para-hydroxylation sites is 4. The molecule has 8 rings (SSSR count). The molecule has 0 fully saturated rings. The maximum Gasteiger partial charge on any atom is 0.357 e. The summed E-state index contributed by atoms with van der Waals surface area (Å²) in [6.45, 7) is 0. The van der Waals surface area contributed by atoms with Gasteiger partial charge in [0.25, 0.3) is 0 Å². The standard InChI is InChI=1S/C29H16N4O2/c34-29-31-28-21(27-30-22-9-3-6-12-25(22)33(27)29)15-17-13-14-18(16-26(17)35-28)32-23-10-4-1-7-19(23)20-8-2-5-11-24(20)32/h1-16H. The molecule has 0 radical (unpaired) electrons. The molecule has 6 nitrogen and oxygen atoms in total. The lowest BCUT2D eigenvalue weighted by Crippen LogP contribution is -2.16. The molecule has 0 aliphatic heterocycles. The summed E-state index contributed by atoms with van der Waals surface area (Å²) in [5.41, 5.74) is 5.81. The minimum Gasteiger partial charge on any atom is -0.437 e. The van der Waals surface area contributed by atoms with Crippen molar-refractivity contribution < 1.29 is 4.42 Å². The molecule has 0 aliphatic rings. The van der Waals surface area contributed by atoms with Gasteiger partial charge in [0, 0.05) is 27.9 Å². The first kappa shape index (κ1) is 18.5. The van der Waals surface area contributed by atoms with Crippen molar-refractivity contribution in [1.29, 1.82) is 0 Å². The highest BCUT2D eigenvalue weighted by Crippen LogP contribution is 2.33. The van der Waals surface area contributed by atoms with E-state index < -0.39 is 5.69 Å². The van der Waals surface area contributed by atoms with Crippen LogP contribution in [0.2, 0.25) is 0 Å². The van der Waals surface area contributed by atoms with Crippen LogP contribution in [0.15, 0.2) is 106 Å². The van der Waals surface area contributed by atoms with E-state index in [1.54, 1.807) is 4.40 Å². The van der Waals surface area contributed by atoms with Crippen LogP contribution in [0.25, 0.3) is 66.2 Å². The lowest BCUT2D eigenvalue weighted by Gasteiger charge is -2.09. The van der Waals surface area contributed by atoms with Crippen LogP contribution >= 0.6 is 0 Å². The van der Waals surface area contributed by atoms with E-state index >= 15 is 0 Å². The van der Waals surface area contributed by atoms with Crippen molar-refractivity contribution in [1.82, 2.24) is 18.9 Å². The molecule has 4 aromatic carbocycles. The largest absolute Gasteiger partial charge is 0.437 e. The van der Waals surface area contributed by atoms with Crippen LogP contribution in [0.3, 0.4) is 0 Å². The summed E-state index contributed by atoms with van der Waals surface area (Å²) in [7, 11) is 0. The van der Waals surface area contributed by atoms with E-state index in [1.807, 2.05) is 42.5 Å². The Balaban J connectivity index is 1.44. The van der Waals surface area contributed by atoms with E-state index in [9.17, 15) is 4.79 Å². The van der Waals surface area contributed by atoms with Gasteiger partial charge in [-0.1, -0.05) is 48.5 Å². The Bertz CT molecular complexity index is 2150. The Morgan fingerprint density at radius 3 is 2.11 bits per heavy atom. The fraction of sp³-hybridized carbons (Fsp3) is 0. The Morgan fingerprint density at radius 2 is 1.34 bits per heavy atom. The lowest BCUT2D eigenvalue weighted by molar-refractivity contribution is 0.641. The SMILES string of the molecule is O=c1nc2oc3cc(-n4c5ccccc5c5ccccc54)ccc3cc2c2nc3ccccc3n12. The lowest BCUT2D eigenvalue weighted by atomic mass is 10.2. The molecule has 0 atom stereocenters. The van der Waals surface area contributed by atoms with Crippen molar-refractivity contribution >= 4 is 60.6 Å². The zero-order chi connectivity index (χ0) is 23.1. The van der Waals surface area contributed by atoms with E-state index in [4.69, 9.17) is 9.40 Å². The first-order valence-corrected chi connectivity index (χ1v) is 11.4. The van der Waals surface area contributed by atoms with E-state index in [0.29, 0.717) is 16.6 Å². The van der Waals surface area contributed by atoms with E-state index in [2.05, 4.69) is 64.1 Å². The number of nitrogens with zero attached hydrogens (tertiary/aromatic N) is 4. The summed E-state index contributed by atoms with van der Waals surface area (Å²) in [5, 5.41) is 4.02. The third-order valence-corrected chi connectivity index (χ3v) is 6.76. The van der Waals surface area contributed by atoms with Crippen molar-refractivity contribution in [3.8, 4) is 5.69 Å². The van der Waals surface area contributed by atoms with Gasteiger partial charge in [-0.3, -0.25) is 0 Å². The molecule has 0 bridgehead atoms. The predicted molar refractivity (Wildman–Crippen MR) is 138 cm³/mol. The number of rotatable bonds is 1. The maximum absolute atomic E-state index is 12.9. The second-order valence-electron chi connectivity index (χ2n) is 8.71. The zero-order valence-electron chi connectivity index (χ0n) is 18.3. The summed E-state index contributed by atoms with van der Waals surface area (Å²) in [4.78, 5) is 21.9. The van der Waals surface area contributed by atoms with Crippen molar-refractivity contribution in [3.05, 3.63) is 108 Å². The van der Waals surface area contributed by atoms with Crippen molar-refractivity contribution in [2.75, 3.05) is 0 Å². The molecule has 0 N–H and O–H groups in total. The van der Waals surface area contributed by atoms with Gasteiger partial charge in [-0.25, -0.2) is 14.2 Å². The molecule has 164 valence electrons. The van der Waals surface area contributed by atoms with E-state index in [1.165, 1.54) is 10.8 Å². The number of aromatic nitrogens is 4. The molecular formula is C29H16N4O2. The second kappa shape index (κ2) is 6.55. The van der Waals surface area contributed by atoms with Gasteiger partial charge in [0.2, 0.25) is 5.71 Å². The molecule has 0 aliphatic carbocycles. The van der Waals surface area contributed by atoms with Crippen molar-refractivity contribution in [3.63, 3.8) is 0 Å². The topological polar surface area (TPSA) is 65.3 Å².